The second-order valence-corrected chi connectivity index (χ2v) is 7.53. The second-order valence-electron chi connectivity index (χ2n) is 5.78. The molecule has 0 aliphatic rings. The van der Waals surface area contributed by atoms with E-state index in [1.165, 1.54) is 6.07 Å². The Kier molecular flexibility index (Phi) is 6.46. The van der Waals surface area contributed by atoms with Gasteiger partial charge in [-0.25, -0.2) is 8.42 Å². The van der Waals surface area contributed by atoms with Crippen LogP contribution in [-0.4, -0.2) is 40.3 Å². The summed E-state index contributed by atoms with van der Waals surface area (Å²) in [6.07, 6.45) is 1.03. The van der Waals surface area contributed by atoms with Gasteiger partial charge in [0.25, 0.3) is 5.91 Å². The zero-order valence-electron chi connectivity index (χ0n) is 14.9. The van der Waals surface area contributed by atoms with Crippen LogP contribution in [0, 0.1) is 0 Å². The van der Waals surface area contributed by atoms with Crippen LogP contribution in [0.1, 0.15) is 17.3 Å². The lowest BCUT2D eigenvalue weighted by molar-refractivity contribution is 0.0927. The van der Waals surface area contributed by atoms with Crippen molar-refractivity contribution in [2.24, 2.45) is 0 Å². The molecule has 2 N–H and O–H groups in total. The molecule has 0 aromatic heterocycles. The van der Waals surface area contributed by atoms with E-state index in [0.717, 1.165) is 12.0 Å². The van der Waals surface area contributed by atoms with Crippen LogP contribution in [0.3, 0.4) is 0 Å². The lowest BCUT2D eigenvalue weighted by Crippen LogP contribution is -2.37. The van der Waals surface area contributed by atoms with Gasteiger partial charge < -0.3 is 14.8 Å². The fourth-order valence-electron chi connectivity index (χ4n) is 2.21. The van der Waals surface area contributed by atoms with Crippen molar-refractivity contribution in [3.05, 3.63) is 54.1 Å². The van der Waals surface area contributed by atoms with Gasteiger partial charge in [0.05, 0.1) is 30.7 Å². The lowest BCUT2D eigenvalue weighted by Gasteiger charge is -2.17. The molecule has 0 saturated carbocycles. The Morgan fingerprint density at radius 3 is 2.31 bits per heavy atom. The zero-order chi connectivity index (χ0) is 19.2. The molecule has 1 atom stereocenters. The van der Waals surface area contributed by atoms with Crippen LogP contribution in [0.25, 0.3) is 0 Å². The number of methoxy groups -OCH3 is 1. The molecule has 0 bridgehead atoms. The van der Waals surface area contributed by atoms with Crippen molar-refractivity contribution < 1.29 is 22.7 Å². The number of benzene rings is 2. The second kappa shape index (κ2) is 8.57. The summed E-state index contributed by atoms with van der Waals surface area (Å²) in [7, 11) is -1.89. The molecule has 2 rings (SSSR count). The third kappa shape index (κ3) is 5.96. The van der Waals surface area contributed by atoms with Crippen molar-refractivity contribution in [3.63, 3.8) is 0 Å². The van der Waals surface area contributed by atoms with Crippen LogP contribution in [0.5, 0.6) is 11.5 Å². The Bertz CT molecular complexity index is 850. The van der Waals surface area contributed by atoms with Gasteiger partial charge in [-0.2, -0.15) is 0 Å². The highest BCUT2D eigenvalue weighted by molar-refractivity contribution is 7.92. The number of carbonyl (C=O) groups is 1. The minimum Gasteiger partial charge on any atom is -0.497 e. The SMILES string of the molecule is COc1ccc(OCC(C)NC(=O)c2ccccc2NS(C)(=O)=O)cc1. The normalized spacial score (nSPS) is 12.1. The molecule has 0 aliphatic heterocycles. The van der Waals surface area contributed by atoms with Crippen molar-refractivity contribution in [1.82, 2.24) is 5.32 Å². The maximum Gasteiger partial charge on any atom is 0.253 e. The summed E-state index contributed by atoms with van der Waals surface area (Å²) in [6, 6.07) is 13.3. The minimum absolute atomic E-state index is 0.232. The van der Waals surface area contributed by atoms with Gasteiger partial charge in [0.1, 0.15) is 18.1 Å². The molecule has 8 heteroatoms. The number of anilines is 1. The number of amides is 1. The van der Waals surface area contributed by atoms with Crippen molar-refractivity contribution in [2.75, 3.05) is 24.7 Å². The van der Waals surface area contributed by atoms with E-state index in [1.807, 2.05) is 0 Å². The fourth-order valence-corrected chi connectivity index (χ4v) is 2.78. The van der Waals surface area contributed by atoms with E-state index >= 15 is 0 Å². The highest BCUT2D eigenvalue weighted by atomic mass is 32.2. The van der Waals surface area contributed by atoms with E-state index in [-0.39, 0.29) is 29.8 Å². The van der Waals surface area contributed by atoms with Crippen LogP contribution in [0.15, 0.2) is 48.5 Å². The first-order valence-electron chi connectivity index (χ1n) is 7.93. The summed E-state index contributed by atoms with van der Waals surface area (Å²) in [4.78, 5) is 12.4. The maximum atomic E-state index is 12.4. The first-order chi connectivity index (χ1) is 12.3. The van der Waals surface area contributed by atoms with E-state index in [2.05, 4.69) is 10.0 Å². The van der Waals surface area contributed by atoms with Crippen molar-refractivity contribution in [3.8, 4) is 11.5 Å². The standard InChI is InChI=1S/C18H22N2O5S/c1-13(12-25-15-10-8-14(24-2)9-11-15)19-18(21)16-6-4-5-7-17(16)20-26(3,22)23/h4-11,13,20H,12H2,1-3H3,(H,19,21). The molecule has 0 heterocycles. The third-order valence-corrected chi connectivity index (χ3v) is 3.99. The number of sulfonamides is 1. The molecule has 1 unspecified atom stereocenters. The summed E-state index contributed by atoms with van der Waals surface area (Å²) in [5, 5.41) is 2.79. The van der Waals surface area contributed by atoms with E-state index in [4.69, 9.17) is 9.47 Å². The van der Waals surface area contributed by atoms with Gasteiger partial charge in [0, 0.05) is 0 Å². The van der Waals surface area contributed by atoms with E-state index < -0.39 is 10.0 Å². The topological polar surface area (TPSA) is 93.7 Å². The van der Waals surface area contributed by atoms with Gasteiger partial charge in [0.2, 0.25) is 10.0 Å². The molecule has 2 aromatic carbocycles. The molecule has 26 heavy (non-hydrogen) atoms. The van der Waals surface area contributed by atoms with Crippen LogP contribution < -0.4 is 19.5 Å². The number of para-hydroxylation sites is 1. The van der Waals surface area contributed by atoms with Gasteiger partial charge in [-0.15, -0.1) is 0 Å². The van der Waals surface area contributed by atoms with Gasteiger partial charge in [0.15, 0.2) is 0 Å². The number of nitrogens with one attached hydrogen (secondary N) is 2. The molecular weight excluding hydrogens is 356 g/mol. The predicted octanol–water partition coefficient (Wildman–Crippen LogP) is 2.26. The van der Waals surface area contributed by atoms with Crippen molar-refractivity contribution in [2.45, 2.75) is 13.0 Å². The van der Waals surface area contributed by atoms with Gasteiger partial charge in [-0.1, -0.05) is 12.1 Å². The summed E-state index contributed by atoms with van der Waals surface area (Å²) in [5.74, 6) is 1.00. The number of hydrogen-bond acceptors (Lipinski definition) is 5. The van der Waals surface area contributed by atoms with E-state index in [9.17, 15) is 13.2 Å². The molecule has 0 radical (unpaired) electrons. The first-order valence-corrected chi connectivity index (χ1v) is 9.82. The summed E-state index contributed by atoms with van der Waals surface area (Å²) >= 11 is 0. The Morgan fingerprint density at radius 2 is 1.69 bits per heavy atom. The van der Waals surface area contributed by atoms with Crippen LogP contribution in [0.2, 0.25) is 0 Å². The average Bonchev–Trinajstić information content (AvgIpc) is 2.59. The van der Waals surface area contributed by atoms with Crippen LogP contribution >= 0.6 is 0 Å². The summed E-state index contributed by atoms with van der Waals surface area (Å²) < 4.78 is 35.9. The predicted molar refractivity (Wildman–Crippen MR) is 100 cm³/mol. The van der Waals surface area contributed by atoms with Crippen molar-refractivity contribution in [1.29, 1.82) is 0 Å². The Balaban J connectivity index is 1.96. The van der Waals surface area contributed by atoms with Crippen LogP contribution in [-0.2, 0) is 10.0 Å². The lowest BCUT2D eigenvalue weighted by atomic mass is 10.1. The monoisotopic (exact) mass is 378 g/mol. The molecule has 1 amide bonds. The molecule has 0 saturated heterocycles. The highest BCUT2D eigenvalue weighted by Crippen LogP contribution is 2.18. The van der Waals surface area contributed by atoms with Gasteiger partial charge >= 0.3 is 0 Å². The Labute approximate surface area is 153 Å². The molecule has 0 fully saturated rings. The summed E-state index contributed by atoms with van der Waals surface area (Å²) in [5.41, 5.74) is 0.477. The number of rotatable bonds is 8. The Hall–Kier alpha value is -2.74. The fraction of sp³-hybridized carbons (Fsp3) is 0.278. The number of carbonyl (C=O) groups excluding carboxylic acids is 1. The third-order valence-electron chi connectivity index (χ3n) is 3.40. The van der Waals surface area contributed by atoms with E-state index in [1.54, 1.807) is 56.5 Å². The highest BCUT2D eigenvalue weighted by Gasteiger charge is 2.16. The maximum absolute atomic E-state index is 12.4. The molecule has 7 nitrogen and oxygen atoms in total. The minimum atomic E-state index is -3.48. The smallest absolute Gasteiger partial charge is 0.253 e. The number of ether oxygens (including phenoxy) is 2. The average molecular weight is 378 g/mol. The molecule has 2 aromatic rings. The van der Waals surface area contributed by atoms with Gasteiger partial charge in [-0.3, -0.25) is 9.52 Å². The largest absolute Gasteiger partial charge is 0.497 e. The van der Waals surface area contributed by atoms with Crippen molar-refractivity contribution >= 4 is 21.6 Å². The summed E-state index contributed by atoms with van der Waals surface area (Å²) in [6.45, 7) is 2.06. The molecule has 0 spiro atoms. The zero-order valence-corrected chi connectivity index (χ0v) is 15.7. The van der Waals surface area contributed by atoms with E-state index in [0.29, 0.717) is 5.75 Å². The molecule has 140 valence electrons. The van der Waals surface area contributed by atoms with Crippen LogP contribution in [0.4, 0.5) is 5.69 Å². The molecular formula is C18H22N2O5S. The molecule has 0 aliphatic carbocycles. The first kappa shape index (κ1) is 19.6. The Morgan fingerprint density at radius 1 is 1.08 bits per heavy atom. The number of hydrogen-bond donors (Lipinski definition) is 2. The van der Waals surface area contributed by atoms with Gasteiger partial charge in [-0.05, 0) is 43.3 Å². The quantitative estimate of drug-likeness (QED) is 0.735.